The van der Waals surface area contributed by atoms with Gasteiger partial charge in [0.2, 0.25) is 0 Å². The zero-order valence-corrected chi connectivity index (χ0v) is 19.7. The van der Waals surface area contributed by atoms with Crippen molar-refractivity contribution in [3.05, 3.63) is 59.5 Å². The van der Waals surface area contributed by atoms with Crippen LogP contribution in [0.2, 0.25) is 0 Å². The number of benzene rings is 1. The fraction of sp³-hybridized carbons (Fsp3) is 0.320. The van der Waals surface area contributed by atoms with Crippen molar-refractivity contribution in [1.29, 1.82) is 0 Å². The third-order valence-electron chi connectivity index (χ3n) is 5.50. The maximum absolute atomic E-state index is 13.4. The lowest BCUT2D eigenvalue weighted by Crippen LogP contribution is -2.33. The topological polar surface area (TPSA) is 112 Å². The molecule has 9 heteroatoms. The smallest absolute Gasteiger partial charge is 0.339 e. The Bertz CT molecular complexity index is 1330. The van der Waals surface area contributed by atoms with E-state index in [1.165, 1.54) is 0 Å². The third kappa shape index (κ3) is 4.83. The molecule has 0 aliphatic rings. The summed E-state index contributed by atoms with van der Waals surface area (Å²) in [6.07, 6.45) is 0.973. The van der Waals surface area contributed by atoms with E-state index in [9.17, 15) is 9.59 Å². The number of pyridine rings is 1. The molecule has 0 aliphatic carbocycles. The van der Waals surface area contributed by atoms with Crippen molar-refractivity contribution < 1.29 is 18.8 Å². The molecule has 4 rings (SSSR count). The number of unbranched alkanes of at least 4 members (excludes halogenated alkanes) is 1. The predicted octanol–water partition coefficient (Wildman–Crippen LogP) is 4.59. The molecule has 0 saturated carbocycles. The molecule has 1 amide bonds. The summed E-state index contributed by atoms with van der Waals surface area (Å²) >= 11 is 0. The lowest BCUT2D eigenvalue weighted by molar-refractivity contribution is -0.125. The molecular weight excluding hydrogens is 434 g/mol. The van der Waals surface area contributed by atoms with Crippen molar-refractivity contribution in [2.75, 3.05) is 5.32 Å². The molecule has 3 aromatic heterocycles. The zero-order valence-electron chi connectivity index (χ0n) is 19.7. The number of fused-ring (bicyclic) bond motifs is 1. The van der Waals surface area contributed by atoms with Crippen molar-refractivity contribution in [1.82, 2.24) is 19.9 Å². The highest BCUT2D eigenvalue weighted by Crippen LogP contribution is 2.28. The first kappa shape index (κ1) is 23.2. The SMILES string of the molecule is CCCCC(OC(=O)c1cc(-c2ccccc2)nc2c1c(C)nn2C)C(=O)Nc1cc(C)on1. The van der Waals surface area contributed by atoms with Crippen LogP contribution in [0, 0.1) is 13.8 Å². The van der Waals surface area contributed by atoms with E-state index in [2.05, 4.69) is 15.6 Å². The highest BCUT2D eigenvalue weighted by atomic mass is 16.5. The standard InChI is InChI=1S/C25H27N5O4/c1-5-6-12-20(24(31)27-21-13-15(2)34-29-21)33-25(32)18-14-19(17-10-8-7-9-11-17)26-23-22(18)16(3)28-30(23)4/h7-11,13-14,20H,5-6,12H2,1-4H3,(H,27,29,31). The van der Waals surface area contributed by atoms with Gasteiger partial charge in [0.1, 0.15) is 5.76 Å². The van der Waals surface area contributed by atoms with Gasteiger partial charge in [0, 0.05) is 18.7 Å². The number of amides is 1. The molecule has 3 heterocycles. The number of hydrogen-bond donors (Lipinski definition) is 1. The monoisotopic (exact) mass is 461 g/mol. The minimum absolute atomic E-state index is 0.279. The van der Waals surface area contributed by atoms with Crippen LogP contribution >= 0.6 is 0 Å². The number of aryl methyl sites for hydroxylation is 3. The molecule has 1 aromatic carbocycles. The quantitative estimate of drug-likeness (QED) is 0.382. The maximum Gasteiger partial charge on any atom is 0.339 e. The lowest BCUT2D eigenvalue weighted by Gasteiger charge is -2.17. The lowest BCUT2D eigenvalue weighted by atomic mass is 10.1. The van der Waals surface area contributed by atoms with E-state index in [4.69, 9.17) is 14.2 Å². The molecule has 1 unspecified atom stereocenters. The molecule has 1 N–H and O–H groups in total. The van der Waals surface area contributed by atoms with Crippen LogP contribution in [0.15, 0.2) is 47.0 Å². The van der Waals surface area contributed by atoms with E-state index in [1.54, 1.807) is 30.8 Å². The van der Waals surface area contributed by atoms with Crippen molar-refractivity contribution in [2.45, 2.75) is 46.1 Å². The maximum atomic E-state index is 13.4. The van der Waals surface area contributed by atoms with Crippen LogP contribution < -0.4 is 5.32 Å². The minimum Gasteiger partial charge on any atom is -0.449 e. The number of ether oxygens (including phenoxy) is 1. The van der Waals surface area contributed by atoms with Gasteiger partial charge in [-0.3, -0.25) is 9.48 Å². The molecule has 0 spiro atoms. The number of esters is 1. The van der Waals surface area contributed by atoms with Gasteiger partial charge in [-0.1, -0.05) is 48.8 Å². The largest absolute Gasteiger partial charge is 0.449 e. The second-order valence-electron chi connectivity index (χ2n) is 8.18. The highest BCUT2D eigenvalue weighted by Gasteiger charge is 2.27. The molecule has 1 atom stereocenters. The van der Waals surface area contributed by atoms with Gasteiger partial charge in [0.15, 0.2) is 17.6 Å². The van der Waals surface area contributed by atoms with Crippen LogP contribution in [0.25, 0.3) is 22.3 Å². The Labute approximate surface area is 197 Å². The van der Waals surface area contributed by atoms with Gasteiger partial charge >= 0.3 is 5.97 Å². The highest BCUT2D eigenvalue weighted by molar-refractivity contribution is 6.06. The number of hydrogen-bond acceptors (Lipinski definition) is 7. The first-order valence-electron chi connectivity index (χ1n) is 11.2. The molecule has 34 heavy (non-hydrogen) atoms. The summed E-state index contributed by atoms with van der Waals surface area (Å²) in [7, 11) is 1.78. The molecule has 0 radical (unpaired) electrons. The van der Waals surface area contributed by atoms with E-state index in [-0.39, 0.29) is 5.82 Å². The van der Waals surface area contributed by atoms with Crippen LogP contribution in [-0.4, -0.2) is 37.9 Å². The Hall–Kier alpha value is -4.01. The summed E-state index contributed by atoms with van der Waals surface area (Å²) in [5.74, 6) is -0.210. The Kier molecular flexibility index (Phi) is 6.72. The summed E-state index contributed by atoms with van der Waals surface area (Å²) < 4.78 is 12.4. The van der Waals surface area contributed by atoms with Crippen molar-refractivity contribution in [3.8, 4) is 11.3 Å². The van der Waals surface area contributed by atoms with Gasteiger partial charge in [-0.15, -0.1) is 0 Å². The Morgan fingerprint density at radius 2 is 1.94 bits per heavy atom. The van der Waals surface area contributed by atoms with Gasteiger partial charge in [-0.25, -0.2) is 9.78 Å². The first-order valence-corrected chi connectivity index (χ1v) is 11.2. The summed E-state index contributed by atoms with van der Waals surface area (Å²) in [5, 5.41) is 11.5. The molecule has 4 aromatic rings. The van der Waals surface area contributed by atoms with Crippen molar-refractivity contribution in [2.24, 2.45) is 7.05 Å². The summed E-state index contributed by atoms with van der Waals surface area (Å²) in [6, 6.07) is 12.9. The number of anilines is 1. The Balaban J connectivity index is 1.68. The molecule has 0 fully saturated rings. The van der Waals surface area contributed by atoms with Gasteiger partial charge < -0.3 is 14.6 Å². The normalized spacial score (nSPS) is 12.0. The van der Waals surface area contributed by atoms with Crippen LogP contribution in [0.3, 0.4) is 0 Å². The fourth-order valence-electron chi connectivity index (χ4n) is 3.82. The van der Waals surface area contributed by atoms with Gasteiger partial charge in [0.25, 0.3) is 5.91 Å². The summed E-state index contributed by atoms with van der Waals surface area (Å²) in [6.45, 7) is 5.55. The molecule has 0 saturated heterocycles. The average molecular weight is 462 g/mol. The van der Waals surface area contributed by atoms with Crippen molar-refractivity contribution in [3.63, 3.8) is 0 Å². The molecule has 0 bridgehead atoms. The van der Waals surface area contributed by atoms with Gasteiger partial charge in [-0.2, -0.15) is 5.10 Å². The van der Waals surface area contributed by atoms with Gasteiger partial charge in [-0.05, 0) is 32.8 Å². The van der Waals surface area contributed by atoms with E-state index < -0.39 is 18.0 Å². The number of carbonyl (C=O) groups is 2. The molecule has 0 aliphatic heterocycles. The number of nitrogens with one attached hydrogen (secondary N) is 1. The second kappa shape index (κ2) is 9.86. The number of nitrogens with zero attached hydrogens (tertiary/aromatic N) is 4. The zero-order chi connectivity index (χ0) is 24.2. The van der Waals surface area contributed by atoms with Crippen LogP contribution in [0.4, 0.5) is 5.82 Å². The predicted molar refractivity (Wildman–Crippen MR) is 127 cm³/mol. The Morgan fingerprint density at radius 1 is 1.18 bits per heavy atom. The second-order valence-corrected chi connectivity index (χ2v) is 8.18. The third-order valence-corrected chi connectivity index (χ3v) is 5.50. The minimum atomic E-state index is -0.982. The molecule has 9 nitrogen and oxygen atoms in total. The van der Waals surface area contributed by atoms with E-state index in [0.717, 1.165) is 18.4 Å². The van der Waals surface area contributed by atoms with E-state index in [0.29, 0.717) is 40.2 Å². The number of aromatic nitrogens is 4. The van der Waals surface area contributed by atoms with Crippen LogP contribution in [0.5, 0.6) is 0 Å². The molecule has 176 valence electrons. The molecular formula is C25H27N5O4. The average Bonchev–Trinajstić information content (AvgIpc) is 3.37. The number of rotatable bonds is 8. The first-order chi connectivity index (χ1) is 16.4. The number of carbonyl (C=O) groups excluding carboxylic acids is 2. The van der Waals surface area contributed by atoms with Crippen LogP contribution in [0.1, 0.15) is 48.0 Å². The van der Waals surface area contributed by atoms with E-state index >= 15 is 0 Å². The fourth-order valence-corrected chi connectivity index (χ4v) is 3.82. The van der Waals surface area contributed by atoms with Crippen LogP contribution in [-0.2, 0) is 16.6 Å². The summed E-state index contributed by atoms with van der Waals surface area (Å²) in [4.78, 5) is 31.1. The van der Waals surface area contributed by atoms with Crippen molar-refractivity contribution >= 4 is 28.7 Å². The van der Waals surface area contributed by atoms with E-state index in [1.807, 2.05) is 44.2 Å². The summed E-state index contributed by atoms with van der Waals surface area (Å²) in [5.41, 5.74) is 3.03. The van der Waals surface area contributed by atoms with Gasteiger partial charge in [0.05, 0.1) is 22.3 Å². The Morgan fingerprint density at radius 3 is 2.62 bits per heavy atom.